The Morgan fingerprint density at radius 2 is 1.81 bits per heavy atom. The van der Waals surface area contributed by atoms with Crippen molar-refractivity contribution < 1.29 is 22.7 Å². The smallest absolute Gasteiger partial charge is 0.253 e. The molecule has 0 spiro atoms. The third kappa shape index (κ3) is 4.44. The van der Waals surface area contributed by atoms with Gasteiger partial charge in [0.05, 0.1) is 18.4 Å². The summed E-state index contributed by atoms with van der Waals surface area (Å²) in [6.45, 7) is 4.80. The van der Waals surface area contributed by atoms with Crippen LogP contribution < -0.4 is 4.74 Å². The van der Waals surface area contributed by atoms with Gasteiger partial charge in [0.2, 0.25) is 5.89 Å². The molecule has 2 aromatic carbocycles. The molecule has 4 rings (SSSR count). The topological polar surface area (TPSA) is 58.8 Å². The molecule has 0 atom stereocenters. The summed E-state index contributed by atoms with van der Waals surface area (Å²) in [6, 6.07) is 11.0. The highest BCUT2D eigenvalue weighted by molar-refractivity contribution is 5.94. The Labute approximate surface area is 179 Å². The SMILES string of the molecule is COc1ccc(C(=O)N2CCN(Cc3nc(-c4cccc(F)c4F)oc3C)CC2)cc1. The van der Waals surface area contributed by atoms with Gasteiger partial charge in [-0.05, 0) is 43.3 Å². The standard InChI is InChI=1S/C23H23F2N3O3/c1-15-20(26-22(31-15)18-4-3-5-19(24)21(18)25)14-27-10-12-28(13-11-27)23(29)16-6-8-17(30-2)9-7-16/h3-9H,10-14H2,1-2H3. The molecule has 0 unspecified atom stereocenters. The zero-order valence-corrected chi connectivity index (χ0v) is 17.4. The van der Waals surface area contributed by atoms with Crippen LogP contribution in [0.3, 0.4) is 0 Å². The average Bonchev–Trinajstić information content (AvgIpc) is 3.15. The number of carbonyl (C=O) groups is 1. The second kappa shape index (κ2) is 8.85. The minimum absolute atomic E-state index is 0.00394. The number of benzene rings is 2. The van der Waals surface area contributed by atoms with Gasteiger partial charge in [0.15, 0.2) is 11.6 Å². The molecule has 1 aliphatic heterocycles. The molecule has 1 amide bonds. The van der Waals surface area contributed by atoms with Crippen LogP contribution in [0, 0.1) is 18.6 Å². The van der Waals surface area contributed by atoms with Gasteiger partial charge in [-0.3, -0.25) is 9.69 Å². The highest BCUT2D eigenvalue weighted by Crippen LogP contribution is 2.26. The second-order valence-corrected chi connectivity index (χ2v) is 7.42. The van der Waals surface area contributed by atoms with E-state index in [4.69, 9.17) is 9.15 Å². The number of amides is 1. The minimum Gasteiger partial charge on any atom is -0.497 e. The largest absolute Gasteiger partial charge is 0.497 e. The number of aryl methyl sites for hydroxylation is 1. The number of ether oxygens (including phenoxy) is 1. The average molecular weight is 427 g/mol. The maximum Gasteiger partial charge on any atom is 0.253 e. The molecular weight excluding hydrogens is 404 g/mol. The lowest BCUT2D eigenvalue weighted by Gasteiger charge is -2.34. The fourth-order valence-electron chi connectivity index (χ4n) is 3.60. The van der Waals surface area contributed by atoms with Crippen molar-refractivity contribution in [2.24, 2.45) is 0 Å². The van der Waals surface area contributed by atoms with E-state index < -0.39 is 11.6 Å². The minimum atomic E-state index is -0.971. The van der Waals surface area contributed by atoms with Gasteiger partial charge in [-0.15, -0.1) is 0 Å². The van der Waals surface area contributed by atoms with E-state index in [-0.39, 0.29) is 17.4 Å². The molecule has 31 heavy (non-hydrogen) atoms. The van der Waals surface area contributed by atoms with Gasteiger partial charge in [-0.1, -0.05) is 6.07 Å². The maximum absolute atomic E-state index is 14.1. The van der Waals surface area contributed by atoms with E-state index in [9.17, 15) is 13.6 Å². The monoisotopic (exact) mass is 427 g/mol. The highest BCUT2D eigenvalue weighted by atomic mass is 19.2. The van der Waals surface area contributed by atoms with Gasteiger partial charge in [0.25, 0.3) is 5.91 Å². The van der Waals surface area contributed by atoms with Crippen molar-refractivity contribution in [1.29, 1.82) is 0 Å². The quantitative estimate of drug-likeness (QED) is 0.618. The van der Waals surface area contributed by atoms with Crippen LogP contribution in [0.15, 0.2) is 46.9 Å². The molecule has 8 heteroatoms. The molecule has 0 aliphatic carbocycles. The van der Waals surface area contributed by atoms with Crippen LogP contribution in [0.5, 0.6) is 5.75 Å². The molecule has 6 nitrogen and oxygen atoms in total. The zero-order valence-electron chi connectivity index (χ0n) is 17.4. The summed E-state index contributed by atoms with van der Waals surface area (Å²) in [7, 11) is 1.59. The lowest BCUT2D eigenvalue weighted by Crippen LogP contribution is -2.48. The van der Waals surface area contributed by atoms with Crippen molar-refractivity contribution in [3.05, 3.63) is 71.1 Å². The molecule has 162 valence electrons. The molecule has 0 bridgehead atoms. The normalized spacial score (nSPS) is 14.6. The number of halogens is 2. The van der Waals surface area contributed by atoms with Crippen molar-refractivity contribution in [2.75, 3.05) is 33.3 Å². The van der Waals surface area contributed by atoms with Crippen LogP contribution >= 0.6 is 0 Å². The fraction of sp³-hybridized carbons (Fsp3) is 0.304. The number of rotatable bonds is 5. The number of methoxy groups -OCH3 is 1. The Morgan fingerprint density at radius 3 is 2.48 bits per heavy atom. The molecule has 1 saturated heterocycles. The Balaban J connectivity index is 1.38. The van der Waals surface area contributed by atoms with Gasteiger partial charge in [0, 0.05) is 38.3 Å². The lowest BCUT2D eigenvalue weighted by atomic mass is 10.1. The van der Waals surface area contributed by atoms with Crippen molar-refractivity contribution in [1.82, 2.24) is 14.8 Å². The Hall–Kier alpha value is -3.26. The number of hydrogen-bond acceptors (Lipinski definition) is 5. The summed E-state index contributed by atoms with van der Waals surface area (Å²) in [5.74, 6) is -0.577. The predicted octanol–water partition coefficient (Wildman–Crippen LogP) is 3.89. The van der Waals surface area contributed by atoms with Crippen LogP contribution in [-0.2, 0) is 6.54 Å². The van der Waals surface area contributed by atoms with E-state index in [0.29, 0.717) is 55.5 Å². The van der Waals surface area contributed by atoms with Gasteiger partial charge in [-0.25, -0.2) is 13.8 Å². The maximum atomic E-state index is 14.1. The first-order chi connectivity index (χ1) is 15.0. The first-order valence-corrected chi connectivity index (χ1v) is 10.0. The summed E-state index contributed by atoms with van der Waals surface area (Å²) < 4.78 is 38.3. The van der Waals surface area contributed by atoms with Gasteiger partial charge in [-0.2, -0.15) is 0 Å². The second-order valence-electron chi connectivity index (χ2n) is 7.42. The van der Waals surface area contributed by atoms with E-state index in [1.165, 1.54) is 12.1 Å². The van der Waals surface area contributed by atoms with E-state index in [1.807, 2.05) is 4.90 Å². The Kier molecular flexibility index (Phi) is 5.99. The molecule has 3 aromatic rings. The third-order valence-electron chi connectivity index (χ3n) is 5.44. The molecule has 1 aromatic heterocycles. The molecule has 0 saturated carbocycles. The Morgan fingerprint density at radius 1 is 1.10 bits per heavy atom. The lowest BCUT2D eigenvalue weighted by molar-refractivity contribution is 0.0626. The first-order valence-electron chi connectivity index (χ1n) is 10.0. The summed E-state index contributed by atoms with van der Waals surface area (Å²) in [5, 5.41) is 0. The van der Waals surface area contributed by atoms with Gasteiger partial charge < -0.3 is 14.1 Å². The van der Waals surface area contributed by atoms with Gasteiger partial charge in [0.1, 0.15) is 11.5 Å². The third-order valence-corrected chi connectivity index (χ3v) is 5.44. The molecular formula is C23H23F2N3O3. The molecule has 0 N–H and O–H groups in total. The van der Waals surface area contributed by atoms with E-state index in [1.54, 1.807) is 38.3 Å². The van der Waals surface area contributed by atoms with E-state index in [0.717, 1.165) is 6.07 Å². The number of hydrogen-bond donors (Lipinski definition) is 0. The van der Waals surface area contributed by atoms with Crippen molar-refractivity contribution in [2.45, 2.75) is 13.5 Å². The molecule has 2 heterocycles. The fourth-order valence-corrected chi connectivity index (χ4v) is 3.60. The summed E-state index contributed by atoms with van der Waals surface area (Å²) >= 11 is 0. The van der Waals surface area contributed by atoms with Crippen molar-refractivity contribution in [3.8, 4) is 17.2 Å². The summed E-state index contributed by atoms with van der Waals surface area (Å²) in [4.78, 5) is 21.1. The van der Waals surface area contributed by atoms with E-state index in [2.05, 4.69) is 9.88 Å². The van der Waals surface area contributed by atoms with Crippen molar-refractivity contribution in [3.63, 3.8) is 0 Å². The molecule has 1 fully saturated rings. The zero-order chi connectivity index (χ0) is 22.0. The van der Waals surface area contributed by atoms with Crippen LogP contribution in [0.4, 0.5) is 8.78 Å². The van der Waals surface area contributed by atoms with Gasteiger partial charge >= 0.3 is 0 Å². The number of aromatic nitrogens is 1. The van der Waals surface area contributed by atoms with Crippen LogP contribution in [0.2, 0.25) is 0 Å². The van der Waals surface area contributed by atoms with Crippen LogP contribution in [0.1, 0.15) is 21.8 Å². The van der Waals surface area contributed by atoms with Crippen molar-refractivity contribution >= 4 is 5.91 Å². The first kappa shape index (κ1) is 21.0. The number of carbonyl (C=O) groups excluding carboxylic acids is 1. The predicted molar refractivity (Wildman–Crippen MR) is 111 cm³/mol. The summed E-state index contributed by atoms with van der Waals surface area (Å²) in [6.07, 6.45) is 0. The highest BCUT2D eigenvalue weighted by Gasteiger charge is 2.24. The summed E-state index contributed by atoms with van der Waals surface area (Å²) in [5.41, 5.74) is 1.31. The Bertz CT molecular complexity index is 1070. The number of piperazine rings is 1. The number of nitrogens with zero attached hydrogens (tertiary/aromatic N) is 3. The van der Waals surface area contributed by atoms with Crippen LogP contribution in [0.25, 0.3) is 11.5 Å². The number of oxazole rings is 1. The molecule has 1 aliphatic rings. The van der Waals surface area contributed by atoms with E-state index >= 15 is 0 Å². The molecule has 0 radical (unpaired) electrons. The van der Waals surface area contributed by atoms with Crippen LogP contribution in [-0.4, -0.2) is 54.0 Å².